The molecular weight excluding hydrogens is 272 g/mol. The molecule has 0 aliphatic carbocycles. The van der Waals surface area contributed by atoms with Crippen LogP contribution in [0, 0.1) is 0 Å². The number of hydrogen-bond donors (Lipinski definition) is 1. The number of hydrogen-bond acceptors (Lipinski definition) is 5. The zero-order valence-corrected chi connectivity index (χ0v) is 11.8. The highest BCUT2D eigenvalue weighted by atomic mass is 16.5. The smallest absolute Gasteiger partial charge is 0.277 e. The fraction of sp³-hybridized carbons (Fsp3) is 0.214. The van der Waals surface area contributed by atoms with Crippen LogP contribution in [0.5, 0.6) is 11.5 Å². The molecule has 0 atom stereocenters. The molecular formula is C14H16N4O3. The van der Waals surface area contributed by atoms with E-state index in [2.05, 4.69) is 15.6 Å². The number of ether oxygens (including phenoxy) is 2. The molecule has 1 aromatic heterocycles. The lowest BCUT2D eigenvalue weighted by Gasteiger charge is -2.05. The Kier molecular flexibility index (Phi) is 4.92. The van der Waals surface area contributed by atoms with Crippen LogP contribution in [0.4, 0.5) is 0 Å². The summed E-state index contributed by atoms with van der Waals surface area (Å²) < 4.78 is 12.0. The van der Waals surface area contributed by atoms with Crippen molar-refractivity contribution in [2.75, 3.05) is 13.7 Å². The normalized spacial score (nSPS) is 10.6. The molecule has 7 nitrogen and oxygen atoms in total. The Labute approximate surface area is 122 Å². The van der Waals surface area contributed by atoms with Crippen LogP contribution in [-0.4, -0.2) is 35.6 Å². The summed E-state index contributed by atoms with van der Waals surface area (Å²) in [5, 5.41) is 7.80. The van der Waals surface area contributed by atoms with E-state index in [1.54, 1.807) is 55.5 Å². The summed E-state index contributed by atoms with van der Waals surface area (Å²) >= 11 is 0. The van der Waals surface area contributed by atoms with Gasteiger partial charge < -0.3 is 9.47 Å². The molecule has 0 saturated heterocycles. The van der Waals surface area contributed by atoms with Gasteiger partial charge in [-0.25, -0.2) is 5.43 Å². The van der Waals surface area contributed by atoms with Crippen LogP contribution in [0.15, 0.2) is 41.8 Å². The second kappa shape index (κ2) is 7.09. The zero-order chi connectivity index (χ0) is 15.1. The van der Waals surface area contributed by atoms with Gasteiger partial charge in [-0.1, -0.05) is 0 Å². The first-order valence-electron chi connectivity index (χ1n) is 6.25. The van der Waals surface area contributed by atoms with Gasteiger partial charge in [0.25, 0.3) is 5.91 Å². The SMILES string of the molecule is COc1ccc(OCC(=O)N/N=C/c2cnn(C)c2)cc1. The molecule has 2 rings (SSSR count). The number of rotatable bonds is 6. The molecule has 0 fully saturated rings. The molecule has 0 saturated carbocycles. The van der Waals surface area contributed by atoms with Gasteiger partial charge in [-0.3, -0.25) is 9.48 Å². The molecule has 1 N–H and O–H groups in total. The summed E-state index contributed by atoms with van der Waals surface area (Å²) in [4.78, 5) is 11.5. The van der Waals surface area contributed by atoms with Gasteiger partial charge in [0.15, 0.2) is 6.61 Å². The van der Waals surface area contributed by atoms with Crippen molar-refractivity contribution in [3.05, 3.63) is 42.2 Å². The van der Waals surface area contributed by atoms with Crippen molar-refractivity contribution in [3.63, 3.8) is 0 Å². The summed E-state index contributed by atoms with van der Waals surface area (Å²) in [7, 11) is 3.39. The third kappa shape index (κ3) is 4.64. The Hall–Kier alpha value is -2.83. The molecule has 7 heteroatoms. The lowest BCUT2D eigenvalue weighted by molar-refractivity contribution is -0.123. The van der Waals surface area contributed by atoms with E-state index < -0.39 is 0 Å². The first-order valence-corrected chi connectivity index (χ1v) is 6.25. The first-order chi connectivity index (χ1) is 10.2. The van der Waals surface area contributed by atoms with E-state index in [9.17, 15) is 4.79 Å². The second-order valence-electron chi connectivity index (χ2n) is 4.20. The van der Waals surface area contributed by atoms with Gasteiger partial charge in [-0.15, -0.1) is 0 Å². The lowest BCUT2D eigenvalue weighted by atomic mass is 10.3. The molecule has 0 aliphatic rings. The highest BCUT2D eigenvalue weighted by Gasteiger charge is 2.01. The van der Waals surface area contributed by atoms with E-state index in [1.165, 1.54) is 6.21 Å². The number of nitrogens with one attached hydrogen (secondary N) is 1. The number of hydrazone groups is 1. The maximum Gasteiger partial charge on any atom is 0.277 e. The Balaban J connectivity index is 1.75. The second-order valence-corrected chi connectivity index (χ2v) is 4.20. The van der Waals surface area contributed by atoms with Crippen LogP contribution in [0.2, 0.25) is 0 Å². The number of carbonyl (C=O) groups excluding carboxylic acids is 1. The molecule has 0 unspecified atom stereocenters. The molecule has 1 amide bonds. The summed E-state index contributed by atoms with van der Waals surface area (Å²) in [5.74, 6) is 0.973. The Morgan fingerprint density at radius 1 is 1.38 bits per heavy atom. The molecule has 110 valence electrons. The molecule has 21 heavy (non-hydrogen) atoms. The van der Waals surface area contributed by atoms with Gasteiger partial charge in [-0.2, -0.15) is 10.2 Å². The Bertz CT molecular complexity index is 619. The van der Waals surface area contributed by atoms with E-state index in [0.717, 1.165) is 11.3 Å². The first kappa shape index (κ1) is 14.6. The van der Waals surface area contributed by atoms with Crippen molar-refractivity contribution >= 4 is 12.1 Å². The number of amides is 1. The van der Waals surface area contributed by atoms with E-state index >= 15 is 0 Å². The van der Waals surface area contributed by atoms with Crippen LogP contribution >= 0.6 is 0 Å². The standard InChI is InChI=1S/C14H16N4O3/c1-18-9-11(8-16-18)7-15-17-14(19)10-21-13-5-3-12(20-2)4-6-13/h3-9H,10H2,1-2H3,(H,17,19)/b15-7+. The van der Waals surface area contributed by atoms with E-state index in [0.29, 0.717) is 5.75 Å². The predicted octanol–water partition coefficient (Wildman–Crippen LogP) is 0.958. The topological polar surface area (TPSA) is 77.7 Å². The van der Waals surface area contributed by atoms with Crippen molar-refractivity contribution in [3.8, 4) is 11.5 Å². The van der Waals surface area contributed by atoms with Gasteiger partial charge >= 0.3 is 0 Å². The summed E-state index contributed by atoms with van der Waals surface area (Å²) in [6, 6.07) is 6.97. The van der Waals surface area contributed by atoms with Crippen molar-refractivity contribution in [2.45, 2.75) is 0 Å². The molecule has 0 radical (unpaired) electrons. The molecule has 1 aromatic carbocycles. The van der Waals surface area contributed by atoms with Gasteiger partial charge in [0.1, 0.15) is 11.5 Å². The zero-order valence-electron chi connectivity index (χ0n) is 11.8. The number of carbonyl (C=O) groups is 1. The van der Waals surface area contributed by atoms with Crippen LogP contribution in [0.3, 0.4) is 0 Å². The Morgan fingerprint density at radius 3 is 2.71 bits per heavy atom. The molecule has 2 aromatic rings. The number of aryl methyl sites for hydroxylation is 1. The minimum atomic E-state index is -0.342. The number of benzene rings is 1. The Morgan fingerprint density at radius 2 is 2.10 bits per heavy atom. The fourth-order valence-corrected chi connectivity index (χ4v) is 1.54. The van der Waals surface area contributed by atoms with Crippen molar-refractivity contribution in [1.82, 2.24) is 15.2 Å². The van der Waals surface area contributed by atoms with Crippen LogP contribution in [-0.2, 0) is 11.8 Å². The largest absolute Gasteiger partial charge is 0.497 e. The van der Waals surface area contributed by atoms with Gasteiger partial charge in [0.2, 0.25) is 0 Å². The molecule has 1 heterocycles. The van der Waals surface area contributed by atoms with Gasteiger partial charge in [0.05, 0.1) is 19.5 Å². The molecule has 0 bridgehead atoms. The highest BCUT2D eigenvalue weighted by molar-refractivity contribution is 5.82. The fourth-order valence-electron chi connectivity index (χ4n) is 1.54. The van der Waals surface area contributed by atoms with Gasteiger partial charge in [0, 0.05) is 18.8 Å². The minimum Gasteiger partial charge on any atom is -0.497 e. The van der Waals surface area contributed by atoms with Crippen molar-refractivity contribution in [2.24, 2.45) is 12.1 Å². The van der Waals surface area contributed by atoms with E-state index in [1.807, 2.05) is 0 Å². The number of nitrogens with zero attached hydrogens (tertiary/aromatic N) is 3. The average Bonchev–Trinajstić information content (AvgIpc) is 2.91. The maximum absolute atomic E-state index is 11.5. The van der Waals surface area contributed by atoms with E-state index in [4.69, 9.17) is 9.47 Å². The third-order valence-corrected chi connectivity index (χ3v) is 2.56. The lowest BCUT2D eigenvalue weighted by Crippen LogP contribution is -2.24. The molecule has 0 spiro atoms. The molecule has 0 aliphatic heterocycles. The third-order valence-electron chi connectivity index (χ3n) is 2.56. The van der Waals surface area contributed by atoms with Crippen molar-refractivity contribution < 1.29 is 14.3 Å². The van der Waals surface area contributed by atoms with Crippen molar-refractivity contribution in [1.29, 1.82) is 0 Å². The minimum absolute atomic E-state index is 0.114. The number of aromatic nitrogens is 2. The quantitative estimate of drug-likeness (QED) is 0.634. The van der Waals surface area contributed by atoms with Crippen LogP contribution in [0.1, 0.15) is 5.56 Å². The number of methoxy groups -OCH3 is 1. The summed E-state index contributed by atoms with van der Waals surface area (Å²) in [5.41, 5.74) is 3.18. The van der Waals surface area contributed by atoms with Crippen LogP contribution < -0.4 is 14.9 Å². The van der Waals surface area contributed by atoms with Gasteiger partial charge in [-0.05, 0) is 24.3 Å². The summed E-state index contributed by atoms with van der Waals surface area (Å²) in [6.45, 7) is -0.114. The van der Waals surface area contributed by atoms with Crippen LogP contribution in [0.25, 0.3) is 0 Å². The maximum atomic E-state index is 11.5. The van der Waals surface area contributed by atoms with E-state index in [-0.39, 0.29) is 12.5 Å². The summed E-state index contributed by atoms with van der Waals surface area (Å²) in [6.07, 6.45) is 4.94. The predicted molar refractivity (Wildman–Crippen MR) is 77.4 cm³/mol. The average molecular weight is 288 g/mol. The highest BCUT2D eigenvalue weighted by Crippen LogP contribution is 2.16. The monoisotopic (exact) mass is 288 g/mol.